The van der Waals surface area contributed by atoms with Gasteiger partial charge in [0.25, 0.3) is 0 Å². The van der Waals surface area contributed by atoms with Crippen LogP contribution in [-0.2, 0) is 0 Å². The number of aryl methyl sites for hydroxylation is 1. The van der Waals surface area contributed by atoms with Gasteiger partial charge in [-0.05, 0) is 37.5 Å². The van der Waals surface area contributed by atoms with Crippen molar-refractivity contribution in [2.75, 3.05) is 18.0 Å². The van der Waals surface area contributed by atoms with Crippen molar-refractivity contribution in [3.05, 3.63) is 41.8 Å². The summed E-state index contributed by atoms with van der Waals surface area (Å²) >= 11 is 0. The minimum atomic E-state index is -0.254. The number of nitrogens with two attached hydrogens (primary N) is 1. The highest BCUT2D eigenvalue weighted by atomic mass is 19.1. The van der Waals surface area contributed by atoms with E-state index in [1.54, 1.807) is 12.3 Å². The van der Waals surface area contributed by atoms with E-state index < -0.39 is 0 Å². The Labute approximate surface area is 123 Å². The lowest BCUT2D eigenvalue weighted by Gasteiger charge is -2.30. The molecule has 0 atom stereocenters. The Kier molecular flexibility index (Phi) is 3.84. The SMILES string of the molecule is Cc1cnc(N2CCC(N)CC2)nc1-c1cccc(F)c1. The Balaban J connectivity index is 1.93. The third-order valence-electron chi connectivity index (χ3n) is 3.88. The van der Waals surface area contributed by atoms with Crippen LogP contribution >= 0.6 is 0 Å². The second-order valence-corrected chi connectivity index (χ2v) is 5.54. The number of anilines is 1. The van der Waals surface area contributed by atoms with Gasteiger partial charge in [0.2, 0.25) is 5.95 Å². The molecule has 0 aliphatic carbocycles. The molecule has 110 valence electrons. The van der Waals surface area contributed by atoms with Crippen LogP contribution in [0.25, 0.3) is 11.3 Å². The fraction of sp³-hybridized carbons (Fsp3) is 0.375. The first kappa shape index (κ1) is 13.9. The van der Waals surface area contributed by atoms with Crippen molar-refractivity contribution in [3.63, 3.8) is 0 Å². The number of hydrogen-bond acceptors (Lipinski definition) is 4. The highest BCUT2D eigenvalue weighted by molar-refractivity contribution is 5.63. The Morgan fingerprint density at radius 2 is 2.05 bits per heavy atom. The minimum absolute atomic E-state index is 0.254. The van der Waals surface area contributed by atoms with Gasteiger partial charge in [-0.2, -0.15) is 0 Å². The number of benzene rings is 1. The van der Waals surface area contributed by atoms with Gasteiger partial charge < -0.3 is 10.6 Å². The first-order chi connectivity index (χ1) is 10.1. The second kappa shape index (κ2) is 5.77. The molecule has 0 amide bonds. The van der Waals surface area contributed by atoms with Crippen molar-refractivity contribution in [2.24, 2.45) is 5.73 Å². The maximum atomic E-state index is 13.4. The molecular formula is C16H19FN4. The molecule has 2 N–H and O–H groups in total. The minimum Gasteiger partial charge on any atom is -0.341 e. The van der Waals surface area contributed by atoms with Gasteiger partial charge >= 0.3 is 0 Å². The largest absolute Gasteiger partial charge is 0.341 e. The van der Waals surface area contributed by atoms with E-state index in [0.717, 1.165) is 42.8 Å². The van der Waals surface area contributed by atoms with Crippen molar-refractivity contribution < 1.29 is 4.39 Å². The molecule has 1 aromatic heterocycles. The lowest BCUT2D eigenvalue weighted by Crippen LogP contribution is -2.40. The van der Waals surface area contributed by atoms with Crippen LogP contribution in [0.15, 0.2) is 30.5 Å². The van der Waals surface area contributed by atoms with Crippen LogP contribution in [0, 0.1) is 12.7 Å². The van der Waals surface area contributed by atoms with Crippen molar-refractivity contribution in [2.45, 2.75) is 25.8 Å². The summed E-state index contributed by atoms with van der Waals surface area (Å²) in [6.07, 6.45) is 3.70. The average molecular weight is 286 g/mol. The highest BCUT2D eigenvalue weighted by Crippen LogP contribution is 2.24. The quantitative estimate of drug-likeness (QED) is 0.921. The second-order valence-electron chi connectivity index (χ2n) is 5.54. The van der Waals surface area contributed by atoms with E-state index in [-0.39, 0.29) is 11.9 Å². The van der Waals surface area contributed by atoms with E-state index >= 15 is 0 Å². The molecule has 0 bridgehead atoms. The molecular weight excluding hydrogens is 267 g/mol. The lowest BCUT2D eigenvalue weighted by atomic mass is 10.1. The zero-order valence-electron chi connectivity index (χ0n) is 12.1. The van der Waals surface area contributed by atoms with Gasteiger partial charge in [0.15, 0.2) is 0 Å². The first-order valence-electron chi connectivity index (χ1n) is 7.23. The summed E-state index contributed by atoms with van der Waals surface area (Å²) < 4.78 is 13.4. The van der Waals surface area contributed by atoms with Crippen molar-refractivity contribution >= 4 is 5.95 Å². The number of piperidine rings is 1. The van der Waals surface area contributed by atoms with Gasteiger partial charge in [-0.15, -0.1) is 0 Å². The Bertz CT molecular complexity index is 636. The zero-order chi connectivity index (χ0) is 14.8. The van der Waals surface area contributed by atoms with Crippen LogP contribution < -0.4 is 10.6 Å². The van der Waals surface area contributed by atoms with E-state index in [1.807, 2.05) is 13.0 Å². The number of nitrogens with zero attached hydrogens (tertiary/aromatic N) is 3. The average Bonchev–Trinajstić information content (AvgIpc) is 2.49. The van der Waals surface area contributed by atoms with Gasteiger partial charge in [0, 0.05) is 30.9 Å². The van der Waals surface area contributed by atoms with E-state index in [4.69, 9.17) is 5.73 Å². The third-order valence-corrected chi connectivity index (χ3v) is 3.88. The molecule has 21 heavy (non-hydrogen) atoms. The molecule has 1 aliphatic rings. The van der Waals surface area contributed by atoms with Crippen LogP contribution in [-0.4, -0.2) is 29.1 Å². The van der Waals surface area contributed by atoms with E-state index in [2.05, 4.69) is 14.9 Å². The van der Waals surface area contributed by atoms with Crippen LogP contribution in [0.4, 0.5) is 10.3 Å². The molecule has 2 heterocycles. The summed E-state index contributed by atoms with van der Waals surface area (Å²) in [5.74, 6) is 0.447. The lowest BCUT2D eigenvalue weighted by molar-refractivity contribution is 0.495. The highest BCUT2D eigenvalue weighted by Gasteiger charge is 2.19. The summed E-state index contributed by atoms with van der Waals surface area (Å²) in [5.41, 5.74) is 8.44. The molecule has 1 saturated heterocycles. The topological polar surface area (TPSA) is 55.0 Å². The van der Waals surface area contributed by atoms with Crippen molar-refractivity contribution in [1.29, 1.82) is 0 Å². The van der Waals surface area contributed by atoms with Gasteiger partial charge in [-0.3, -0.25) is 0 Å². The molecule has 1 aliphatic heterocycles. The summed E-state index contributed by atoms with van der Waals surface area (Å²) in [7, 11) is 0. The molecule has 3 rings (SSSR count). The van der Waals surface area contributed by atoms with Gasteiger partial charge in [-0.1, -0.05) is 12.1 Å². The molecule has 1 fully saturated rings. The fourth-order valence-corrected chi connectivity index (χ4v) is 2.61. The number of hydrogen-bond donors (Lipinski definition) is 1. The first-order valence-corrected chi connectivity index (χ1v) is 7.23. The number of rotatable bonds is 2. The zero-order valence-corrected chi connectivity index (χ0v) is 12.1. The number of aromatic nitrogens is 2. The molecule has 2 aromatic rings. The van der Waals surface area contributed by atoms with Crippen molar-refractivity contribution in [3.8, 4) is 11.3 Å². The molecule has 0 radical (unpaired) electrons. The van der Waals surface area contributed by atoms with Crippen LogP contribution in [0.5, 0.6) is 0 Å². The molecule has 1 aromatic carbocycles. The Hall–Kier alpha value is -2.01. The molecule has 0 unspecified atom stereocenters. The van der Waals surface area contributed by atoms with Gasteiger partial charge in [0.1, 0.15) is 5.82 Å². The predicted octanol–water partition coefficient (Wildman–Crippen LogP) is 2.52. The third kappa shape index (κ3) is 3.03. The fourth-order valence-electron chi connectivity index (χ4n) is 2.61. The van der Waals surface area contributed by atoms with Gasteiger partial charge in [-0.25, -0.2) is 14.4 Å². The standard InChI is InChI=1S/C16H19FN4/c1-11-10-19-16(21-7-5-14(18)6-8-21)20-15(11)12-3-2-4-13(17)9-12/h2-4,9-10,14H,5-8,18H2,1H3. The van der Waals surface area contributed by atoms with Crippen LogP contribution in [0.3, 0.4) is 0 Å². The Morgan fingerprint density at radius 1 is 1.29 bits per heavy atom. The monoisotopic (exact) mass is 286 g/mol. The number of halogens is 1. The summed E-state index contributed by atoms with van der Waals surface area (Å²) in [5, 5.41) is 0. The summed E-state index contributed by atoms with van der Waals surface area (Å²) in [4.78, 5) is 11.2. The maximum Gasteiger partial charge on any atom is 0.225 e. The van der Waals surface area contributed by atoms with E-state index in [0.29, 0.717) is 5.95 Å². The van der Waals surface area contributed by atoms with Crippen LogP contribution in [0.1, 0.15) is 18.4 Å². The van der Waals surface area contributed by atoms with Crippen molar-refractivity contribution in [1.82, 2.24) is 9.97 Å². The smallest absolute Gasteiger partial charge is 0.225 e. The molecule has 4 nitrogen and oxygen atoms in total. The summed E-state index contributed by atoms with van der Waals surface area (Å²) in [6, 6.07) is 6.78. The summed E-state index contributed by atoms with van der Waals surface area (Å²) in [6.45, 7) is 3.68. The van der Waals surface area contributed by atoms with E-state index in [9.17, 15) is 4.39 Å². The molecule has 5 heteroatoms. The maximum absolute atomic E-state index is 13.4. The Morgan fingerprint density at radius 3 is 2.76 bits per heavy atom. The molecule has 0 spiro atoms. The van der Waals surface area contributed by atoms with Gasteiger partial charge in [0.05, 0.1) is 5.69 Å². The normalized spacial score (nSPS) is 16.2. The predicted molar refractivity (Wildman–Crippen MR) is 81.6 cm³/mol. The molecule has 0 saturated carbocycles. The van der Waals surface area contributed by atoms with Crippen LogP contribution in [0.2, 0.25) is 0 Å². The van der Waals surface area contributed by atoms with E-state index in [1.165, 1.54) is 12.1 Å².